The van der Waals surface area contributed by atoms with Gasteiger partial charge in [0.05, 0.1) is 11.4 Å². The van der Waals surface area contributed by atoms with Crippen LogP contribution in [0.15, 0.2) is 22.3 Å². The average Bonchev–Trinajstić information content (AvgIpc) is 3.30. The van der Waals surface area contributed by atoms with Crippen molar-refractivity contribution in [3.8, 4) is 0 Å². The molecule has 0 radical (unpaired) electrons. The second kappa shape index (κ2) is 6.59. The number of piperazine rings is 1. The van der Waals surface area contributed by atoms with Crippen molar-refractivity contribution in [2.75, 3.05) is 31.1 Å². The first-order valence-corrected chi connectivity index (χ1v) is 9.83. The number of rotatable bonds is 3. The zero-order valence-corrected chi connectivity index (χ0v) is 16.5. The maximum atomic E-state index is 5.53. The summed E-state index contributed by atoms with van der Waals surface area (Å²) in [6.45, 7) is 12.1. The number of nitrogens with zero attached hydrogens (tertiary/aromatic N) is 6. The summed E-state index contributed by atoms with van der Waals surface area (Å²) in [5, 5.41) is 7.37. The minimum atomic E-state index is -0.0981. The SMILES string of the molecule is CC(c1nc(C(C)(C)C)no1)N1CCN(c2ncnc3sccc23)CC1. The zero-order chi connectivity index (χ0) is 18.3. The van der Waals surface area contributed by atoms with Crippen molar-refractivity contribution in [2.24, 2.45) is 0 Å². The molecule has 1 unspecified atom stereocenters. The van der Waals surface area contributed by atoms with Gasteiger partial charge in [0.1, 0.15) is 17.0 Å². The molecular formula is C18H24N6OS. The van der Waals surface area contributed by atoms with E-state index in [9.17, 15) is 0 Å². The van der Waals surface area contributed by atoms with Crippen LogP contribution in [0.4, 0.5) is 5.82 Å². The molecule has 1 aliphatic heterocycles. The summed E-state index contributed by atoms with van der Waals surface area (Å²) in [6.07, 6.45) is 1.66. The highest BCUT2D eigenvalue weighted by molar-refractivity contribution is 7.16. The van der Waals surface area contributed by atoms with Gasteiger partial charge in [0, 0.05) is 31.6 Å². The van der Waals surface area contributed by atoms with Crippen LogP contribution in [-0.4, -0.2) is 51.2 Å². The molecule has 0 amide bonds. The van der Waals surface area contributed by atoms with Crippen LogP contribution < -0.4 is 4.90 Å². The van der Waals surface area contributed by atoms with E-state index in [4.69, 9.17) is 4.52 Å². The first kappa shape index (κ1) is 17.4. The average molecular weight is 372 g/mol. The molecule has 4 heterocycles. The number of aromatic nitrogens is 4. The summed E-state index contributed by atoms with van der Waals surface area (Å²) in [5.74, 6) is 2.50. The second-order valence-electron chi connectivity index (χ2n) is 7.74. The van der Waals surface area contributed by atoms with Crippen molar-refractivity contribution in [1.82, 2.24) is 25.0 Å². The van der Waals surface area contributed by atoms with Crippen molar-refractivity contribution in [1.29, 1.82) is 0 Å². The molecule has 1 saturated heterocycles. The van der Waals surface area contributed by atoms with E-state index in [-0.39, 0.29) is 11.5 Å². The molecule has 1 aliphatic rings. The summed E-state index contributed by atoms with van der Waals surface area (Å²) in [4.78, 5) is 19.3. The lowest BCUT2D eigenvalue weighted by molar-refractivity contribution is 0.164. The van der Waals surface area contributed by atoms with Crippen molar-refractivity contribution >= 4 is 27.4 Å². The fourth-order valence-electron chi connectivity index (χ4n) is 3.22. The topological polar surface area (TPSA) is 71.2 Å². The van der Waals surface area contributed by atoms with Gasteiger partial charge in [-0.2, -0.15) is 4.98 Å². The molecule has 4 rings (SSSR count). The molecule has 1 fully saturated rings. The summed E-state index contributed by atoms with van der Waals surface area (Å²) in [5.41, 5.74) is -0.0981. The number of fused-ring (bicyclic) bond motifs is 1. The Hall–Kier alpha value is -2.06. The predicted octanol–water partition coefficient (Wildman–Crippen LogP) is 3.26. The molecule has 138 valence electrons. The normalized spacial score (nSPS) is 17.8. The smallest absolute Gasteiger partial charge is 0.243 e. The van der Waals surface area contributed by atoms with Crippen LogP contribution in [0, 0.1) is 0 Å². The summed E-state index contributed by atoms with van der Waals surface area (Å²) < 4.78 is 5.53. The van der Waals surface area contributed by atoms with Gasteiger partial charge in [-0.15, -0.1) is 11.3 Å². The van der Waals surface area contributed by atoms with E-state index in [1.165, 1.54) is 0 Å². The highest BCUT2D eigenvalue weighted by Gasteiger charge is 2.29. The molecule has 0 spiro atoms. The van der Waals surface area contributed by atoms with Crippen LogP contribution in [0.25, 0.3) is 10.2 Å². The van der Waals surface area contributed by atoms with E-state index >= 15 is 0 Å². The van der Waals surface area contributed by atoms with Gasteiger partial charge in [-0.1, -0.05) is 25.9 Å². The molecule has 7 nitrogen and oxygen atoms in total. The Bertz CT molecular complexity index is 890. The van der Waals surface area contributed by atoms with Crippen LogP contribution in [-0.2, 0) is 5.41 Å². The fourth-order valence-corrected chi connectivity index (χ4v) is 3.94. The number of thiophene rings is 1. The summed E-state index contributed by atoms with van der Waals surface area (Å²) in [7, 11) is 0. The van der Waals surface area contributed by atoms with Crippen LogP contribution in [0.1, 0.15) is 45.5 Å². The van der Waals surface area contributed by atoms with Crippen molar-refractivity contribution in [3.63, 3.8) is 0 Å². The molecule has 3 aromatic heterocycles. The first-order valence-electron chi connectivity index (χ1n) is 8.95. The van der Waals surface area contributed by atoms with Crippen molar-refractivity contribution in [3.05, 3.63) is 29.5 Å². The molecule has 8 heteroatoms. The van der Waals surface area contributed by atoms with Crippen LogP contribution in [0.3, 0.4) is 0 Å². The lowest BCUT2D eigenvalue weighted by Crippen LogP contribution is -2.47. The third-order valence-electron chi connectivity index (χ3n) is 4.87. The zero-order valence-electron chi connectivity index (χ0n) is 15.6. The van der Waals surface area contributed by atoms with E-state index in [1.807, 2.05) is 0 Å². The third-order valence-corrected chi connectivity index (χ3v) is 5.69. The van der Waals surface area contributed by atoms with Crippen LogP contribution in [0.2, 0.25) is 0 Å². The van der Waals surface area contributed by atoms with Crippen LogP contribution in [0.5, 0.6) is 0 Å². The molecule has 26 heavy (non-hydrogen) atoms. The van der Waals surface area contributed by atoms with Gasteiger partial charge in [0.15, 0.2) is 5.82 Å². The minimum Gasteiger partial charge on any atom is -0.353 e. The molecule has 0 bridgehead atoms. The maximum Gasteiger partial charge on any atom is 0.243 e. The highest BCUT2D eigenvalue weighted by atomic mass is 32.1. The predicted molar refractivity (Wildman–Crippen MR) is 103 cm³/mol. The lowest BCUT2D eigenvalue weighted by atomic mass is 9.96. The molecule has 0 N–H and O–H groups in total. The summed E-state index contributed by atoms with van der Waals surface area (Å²) >= 11 is 1.66. The highest BCUT2D eigenvalue weighted by Crippen LogP contribution is 2.29. The third kappa shape index (κ3) is 3.19. The standard InChI is InChI=1S/C18H24N6OS/c1-12(15-21-17(22-25-15)18(2,3)4)23-6-8-24(9-7-23)14-13-5-10-26-16(13)20-11-19-14/h5,10-12H,6-9H2,1-4H3. The van der Waals surface area contributed by atoms with E-state index in [0.29, 0.717) is 5.89 Å². The molecule has 3 aromatic rings. The Balaban J connectivity index is 1.45. The van der Waals surface area contributed by atoms with E-state index in [1.54, 1.807) is 17.7 Å². The Morgan fingerprint density at radius 2 is 1.92 bits per heavy atom. The Kier molecular flexibility index (Phi) is 4.40. The van der Waals surface area contributed by atoms with E-state index in [0.717, 1.165) is 48.0 Å². The van der Waals surface area contributed by atoms with Gasteiger partial charge in [-0.05, 0) is 18.4 Å². The van der Waals surface area contributed by atoms with Crippen LogP contribution >= 0.6 is 11.3 Å². The van der Waals surface area contributed by atoms with E-state index in [2.05, 4.69) is 69.0 Å². The quantitative estimate of drug-likeness (QED) is 0.699. The molecule has 1 atom stereocenters. The summed E-state index contributed by atoms with van der Waals surface area (Å²) in [6, 6.07) is 2.23. The Morgan fingerprint density at radius 1 is 1.15 bits per heavy atom. The monoisotopic (exact) mass is 372 g/mol. The first-order chi connectivity index (χ1) is 12.4. The van der Waals surface area contributed by atoms with Gasteiger partial charge in [0.25, 0.3) is 0 Å². The van der Waals surface area contributed by atoms with Gasteiger partial charge in [0.2, 0.25) is 5.89 Å². The molecule has 0 aromatic carbocycles. The molecular weight excluding hydrogens is 348 g/mol. The Morgan fingerprint density at radius 3 is 2.62 bits per heavy atom. The maximum absolute atomic E-state index is 5.53. The van der Waals surface area contributed by atoms with Gasteiger partial charge >= 0.3 is 0 Å². The largest absolute Gasteiger partial charge is 0.353 e. The Labute approximate surface area is 157 Å². The second-order valence-corrected chi connectivity index (χ2v) is 8.64. The van der Waals surface area contributed by atoms with E-state index < -0.39 is 0 Å². The molecule has 0 aliphatic carbocycles. The van der Waals surface area contributed by atoms with Gasteiger partial charge in [-0.25, -0.2) is 9.97 Å². The number of hydrogen-bond acceptors (Lipinski definition) is 8. The van der Waals surface area contributed by atoms with Crippen molar-refractivity contribution in [2.45, 2.75) is 39.2 Å². The molecule has 0 saturated carbocycles. The van der Waals surface area contributed by atoms with Gasteiger partial charge in [-0.3, -0.25) is 4.90 Å². The number of hydrogen-bond donors (Lipinski definition) is 0. The van der Waals surface area contributed by atoms with Crippen molar-refractivity contribution < 1.29 is 4.52 Å². The number of anilines is 1. The fraction of sp³-hybridized carbons (Fsp3) is 0.556. The minimum absolute atomic E-state index is 0.0981. The van der Waals surface area contributed by atoms with Gasteiger partial charge < -0.3 is 9.42 Å². The lowest BCUT2D eigenvalue weighted by Gasteiger charge is -2.37.